The van der Waals surface area contributed by atoms with Gasteiger partial charge in [-0.05, 0) is 59.0 Å². The SMILES string of the molecule is CC(C)(C)S(C)(C)OCCCc1ccc(F)c(Br)c1. The average Bonchev–Trinajstić information content (AvgIpc) is 2.27. The quantitative estimate of drug-likeness (QED) is 0.653. The Balaban J connectivity index is 2.41. The Hall–Kier alpha value is -0.0600. The summed E-state index contributed by atoms with van der Waals surface area (Å²) < 4.78 is 19.9. The van der Waals surface area contributed by atoms with Crippen molar-refractivity contribution in [1.82, 2.24) is 0 Å². The van der Waals surface area contributed by atoms with Gasteiger partial charge in [-0.15, -0.1) is 10.3 Å². The van der Waals surface area contributed by atoms with Crippen LogP contribution < -0.4 is 0 Å². The lowest BCUT2D eigenvalue weighted by atomic mass is 10.1. The maximum atomic E-state index is 13.1. The van der Waals surface area contributed by atoms with E-state index >= 15 is 0 Å². The Bertz CT molecular complexity index is 427. The number of benzene rings is 1. The maximum Gasteiger partial charge on any atom is 0.137 e. The molecule has 0 aliphatic heterocycles. The zero-order valence-corrected chi connectivity index (χ0v) is 14.8. The molecule has 1 aromatic rings. The summed E-state index contributed by atoms with van der Waals surface area (Å²) in [6.45, 7) is 7.42. The number of rotatable bonds is 5. The van der Waals surface area contributed by atoms with E-state index in [4.69, 9.17) is 4.18 Å². The fourth-order valence-corrected chi connectivity index (χ4v) is 2.73. The van der Waals surface area contributed by atoms with Crippen LogP contribution in [0.25, 0.3) is 0 Å². The standard InChI is InChI=1S/C15H24BrFOS/c1-15(2,3)19(4,5)18-10-6-7-12-8-9-14(17)13(16)11-12/h8-9,11H,6-7,10H2,1-5H3. The van der Waals surface area contributed by atoms with E-state index in [0.29, 0.717) is 4.47 Å². The van der Waals surface area contributed by atoms with Gasteiger partial charge in [0.25, 0.3) is 0 Å². The first-order valence-corrected chi connectivity index (χ1v) is 9.61. The molecular weight excluding hydrogens is 327 g/mol. The molecule has 4 heteroatoms. The van der Waals surface area contributed by atoms with Crippen LogP contribution in [0.15, 0.2) is 22.7 Å². The highest BCUT2D eigenvalue weighted by Crippen LogP contribution is 2.53. The third-order valence-corrected chi connectivity index (χ3v) is 7.76. The topological polar surface area (TPSA) is 9.23 Å². The molecule has 0 amide bonds. The molecule has 0 aliphatic carbocycles. The van der Waals surface area contributed by atoms with Crippen molar-refractivity contribution in [2.45, 2.75) is 38.4 Å². The van der Waals surface area contributed by atoms with Crippen molar-refractivity contribution in [2.75, 3.05) is 19.1 Å². The third kappa shape index (κ3) is 5.09. The van der Waals surface area contributed by atoms with Gasteiger partial charge in [0.2, 0.25) is 0 Å². The molecule has 19 heavy (non-hydrogen) atoms. The molecule has 1 aromatic carbocycles. The molecule has 0 N–H and O–H groups in total. The summed E-state index contributed by atoms with van der Waals surface area (Å²) in [5, 5.41) is 0. The van der Waals surface area contributed by atoms with E-state index < -0.39 is 10.3 Å². The fraction of sp³-hybridized carbons (Fsp3) is 0.600. The summed E-state index contributed by atoms with van der Waals surface area (Å²) in [6.07, 6.45) is 6.30. The number of hydrogen-bond acceptors (Lipinski definition) is 1. The van der Waals surface area contributed by atoms with Crippen LogP contribution in [0.1, 0.15) is 32.8 Å². The van der Waals surface area contributed by atoms with Gasteiger partial charge in [0, 0.05) is 4.75 Å². The van der Waals surface area contributed by atoms with Crippen molar-refractivity contribution in [2.24, 2.45) is 0 Å². The lowest BCUT2D eigenvalue weighted by Gasteiger charge is -2.43. The summed E-state index contributed by atoms with van der Waals surface area (Å²) >= 11 is 3.21. The first-order chi connectivity index (χ1) is 8.63. The lowest BCUT2D eigenvalue weighted by Crippen LogP contribution is -2.25. The van der Waals surface area contributed by atoms with Gasteiger partial charge in [-0.1, -0.05) is 26.8 Å². The van der Waals surface area contributed by atoms with Crippen LogP contribution in [0.5, 0.6) is 0 Å². The largest absolute Gasteiger partial charge is 0.337 e. The van der Waals surface area contributed by atoms with Gasteiger partial charge in [-0.25, -0.2) is 4.39 Å². The second-order valence-corrected chi connectivity index (χ2v) is 10.8. The first kappa shape index (κ1) is 17.0. The van der Waals surface area contributed by atoms with Gasteiger partial charge < -0.3 is 4.18 Å². The van der Waals surface area contributed by atoms with E-state index in [-0.39, 0.29) is 10.6 Å². The van der Waals surface area contributed by atoms with Crippen molar-refractivity contribution in [3.8, 4) is 0 Å². The predicted molar refractivity (Wildman–Crippen MR) is 87.6 cm³/mol. The molecule has 0 atom stereocenters. The highest BCUT2D eigenvalue weighted by atomic mass is 79.9. The summed E-state index contributed by atoms with van der Waals surface area (Å²) in [7, 11) is -1.04. The summed E-state index contributed by atoms with van der Waals surface area (Å²) in [5.74, 6) is -0.210. The van der Waals surface area contributed by atoms with Crippen LogP contribution in [0.2, 0.25) is 0 Å². The number of aryl methyl sites for hydroxylation is 1. The monoisotopic (exact) mass is 350 g/mol. The third-order valence-electron chi connectivity index (χ3n) is 3.45. The molecule has 0 radical (unpaired) electrons. The van der Waals surface area contributed by atoms with E-state index in [1.807, 2.05) is 12.1 Å². The first-order valence-electron chi connectivity index (χ1n) is 6.45. The Morgan fingerprint density at radius 1 is 1.26 bits per heavy atom. The second kappa shape index (κ2) is 6.59. The van der Waals surface area contributed by atoms with Crippen molar-refractivity contribution in [1.29, 1.82) is 0 Å². The Morgan fingerprint density at radius 2 is 1.89 bits per heavy atom. The zero-order chi connectivity index (χ0) is 14.7. The molecule has 1 nitrogen and oxygen atoms in total. The molecule has 0 aliphatic rings. The van der Waals surface area contributed by atoms with Gasteiger partial charge in [-0.3, -0.25) is 0 Å². The predicted octanol–water partition coefficient (Wildman–Crippen LogP) is 5.32. The Kier molecular flexibility index (Phi) is 5.90. The van der Waals surface area contributed by atoms with Crippen molar-refractivity contribution in [3.05, 3.63) is 34.1 Å². The van der Waals surface area contributed by atoms with Crippen LogP contribution in [-0.2, 0) is 10.6 Å². The molecular formula is C15H24BrFOS. The van der Waals surface area contributed by atoms with Gasteiger partial charge in [-0.2, -0.15) is 0 Å². The van der Waals surface area contributed by atoms with Crippen LogP contribution in [0.4, 0.5) is 4.39 Å². The molecule has 0 bridgehead atoms. The van der Waals surface area contributed by atoms with Crippen LogP contribution in [-0.4, -0.2) is 23.9 Å². The van der Waals surface area contributed by atoms with Crippen molar-refractivity contribution >= 4 is 26.2 Å². The molecule has 0 spiro atoms. The summed E-state index contributed by atoms with van der Waals surface area (Å²) in [5.41, 5.74) is 1.14. The molecule has 1 rings (SSSR count). The number of halogens is 2. The van der Waals surface area contributed by atoms with E-state index in [0.717, 1.165) is 25.0 Å². The lowest BCUT2D eigenvalue weighted by molar-refractivity contribution is 0.341. The molecule has 110 valence electrons. The van der Waals surface area contributed by atoms with E-state index in [9.17, 15) is 4.39 Å². The average molecular weight is 351 g/mol. The minimum absolute atomic E-state index is 0.200. The van der Waals surface area contributed by atoms with Crippen molar-refractivity contribution < 1.29 is 8.57 Å². The van der Waals surface area contributed by atoms with Gasteiger partial charge >= 0.3 is 0 Å². The Morgan fingerprint density at radius 3 is 2.42 bits per heavy atom. The molecule has 0 unspecified atom stereocenters. The molecule has 0 saturated carbocycles. The van der Waals surface area contributed by atoms with Crippen LogP contribution in [0, 0.1) is 5.82 Å². The summed E-state index contributed by atoms with van der Waals surface area (Å²) in [6, 6.07) is 5.18. The minimum atomic E-state index is -1.04. The second-order valence-electron chi connectivity index (χ2n) is 6.02. The van der Waals surface area contributed by atoms with Gasteiger partial charge in [0.05, 0.1) is 11.1 Å². The highest BCUT2D eigenvalue weighted by molar-refractivity contribution is 9.10. The highest BCUT2D eigenvalue weighted by Gasteiger charge is 2.28. The fourth-order valence-electron chi connectivity index (χ4n) is 1.42. The Labute approximate surface area is 126 Å². The normalized spacial score (nSPS) is 13.6. The van der Waals surface area contributed by atoms with Gasteiger partial charge in [0.1, 0.15) is 5.82 Å². The van der Waals surface area contributed by atoms with Crippen LogP contribution in [0.3, 0.4) is 0 Å². The number of hydrogen-bond donors (Lipinski definition) is 0. The molecule has 0 fully saturated rings. The molecule has 0 heterocycles. The minimum Gasteiger partial charge on any atom is -0.337 e. The van der Waals surface area contributed by atoms with E-state index in [1.165, 1.54) is 6.07 Å². The smallest absolute Gasteiger partial charge is 0.137 e. The van der Waals surface area contributed by atoms with E-state index in [2.05, 4.69) is 49.2 Å². The van der Waals surface area contributed by atoms with Crippen molar-refractivity contribution in [3.63, 3.8) is 0 Å². The maximum absolute atomic E-state index is 13.1. The molecule has 0 saturated heterocycles. The van der Waals surface area contributed by atoms with E-state index in [1.54, 1.807) is 0 Å². The molecule has 0 aromatic heterocycles. The van der Waals surface area contributed by atoms with Crippen LogP contribution >= 0.6 is 26.2 Å². The van der Waals surface area contributed by atoms with Gasteiger partial charge in [0.15, 0.2) is 0 Å². The zero-order valence-electron chi connectivity index (χ0n) is 12.4. The summed E-state index contributed by atoms with van der Waals surface area (Å²) in [4.78, 5) is 0.